The number of aliphatic hydroxyl groups is 10. The van der Waals surface area contributed by atoms with Crippen molar-refractivity contribution in [1.82, 2.24) is 0 Å². The highest BCUT2D eigenvalue weighted by Crippen LogP contribution is 2.43. The van der Waals surface area contributed by atoms with Gasteiger partial charge in [-0.25, -0.2) is 0 Å². The molecule has 0 spiro atoms. The summed E-state index contributed by atoms with van der Waals surface area (Å²) in [4.78, 5) is 14.0. The van der Waals surface area contributed by atoms with Gasteiger partial charge in [0.15, 0.2) is 6.29 Å². The second kappa shape index (κ2) is 14.9. The van der Waals surface area contributed by atoms with E-state index in [4.69, 9.17) is 33.5 Å². The maximum atomic E-state index is 14.0. The van der Waals surface area contributed by atoms with Crippen molar-refractivity contribution in [2.75, 3.05) is 19.8 Å². The van der Waals surface area contributed by atoms with E-state index in [0.717, 1.165) is 0 Å². The Balaban J connectivity index is 1.37. The normalized spacial score (nSPS) is 48.5. The first-order chi connectivity index (χ1) is 21.8. The van der Waals surface area contributed by atoms with Crippen molar-refractivity contribution in [2.45, 2.75) is 131 Å². The summed E-state index contributed by atoms with van der Waals surface area (Å²) in [6.07, 6.45) is -19.6. The summed E-state index contributed by atoms with van der Waals surface area (Å²) in [5, 5.41) is 103. The molecule has 5 aliphatic rings. The van der Waals surface area contributed by atoms with Crippen LogP contribution in [0.4, 0.5) is 0 Å². The molecule has 2 aliphatic carbocycles. The lowest BCUT2D eigenvalue weighted by Crippen LogP contribution is -2.61. The minimum absolute atomic E-state index is 0.00951. The molecule has 0 bridgehead atoms. The fourth-order valence-electron chi connectivity index (χ4n) is 6.85. The molecule has 3 aliphatic heterocycles. The average molecular weight is 667 g/mol. The zero-order chi connectivity index (χ0) is 33.4. The molecule has 2 saturated carbocycles. The van der Waals surface area contributed by atoms with Crippen LogP contribution in [0.25, 0.3) is 0 Å². The Hall–Kier alpha value is -1.55. The Kier molecular flexibility index (Phi) is 11.6. The highest BCUT2D eigenvalue weighted by atomic mass is 16.7. The first kappa shape index (κ1) is 35.7. The largest absolute Gasteiger partial charge is 0.489 e. The third-order valence-corrected chi connectivity index (χ3v) is 9.58. The third kappa shape index (κ3) is 7.23. The smallest absolute Gasteiger partial charge is 0.229 e. The summed E-state index contributed by atoms with van der Waals surface area (Å²) in [6, 6.07) is 0. The van der Waals surface area contributed by atoms with Crippen LogP contribution < -0.4 is 0 Å². The summed E-state index contributed by atoms with van der Waals surface area (Å²) >= 11 is 0. The highest BCUT2D eigenvalue weighted by Gasteiger charge is 2.53. The van der Waals surface area contributed by atoms with Crippen LogP contribution in [-0.4, -0.2) is 169 Å². The molecule has 11 unspecified atom stereocenters. The standard InChI is InChI=1S/C29H46O17/c1-10-19(34)22(37)24(39)28(43-10)42-9-17-20(35)23(38)25(40)29(45-17)46-27-21(36)18-15(33)7-12(41-5-4-30)8-16(18)44-26(27)11-2-3-13(31)14(32)6-11/h10-20,22-25,28-35,37-40H,2-9H2,1H3/t10?,11?,12?,13?,14?,15?,16?,17?,18?,19-,20+,22-,23+,24?,25?,28+,29-/m0/s1. The van der Waals surface area contributed by atoms with Gasteiger partial charge in [0.1, 0.15) is 54.6 Å². The molecule has 10 N–H and O–H groups in total. The number of hydrogen-bond acceptors (Lipinski definition) is 17. The molecule has 46 heavy (non-hydrogen) atoms. The summed E-state index contributed by atoms with van der Waals surface area (Å²) in [7, 11) is 0. The van der Waals surface area contributed by atoms with Crippen LogP contribution in [0.3, 0.4) is 0 Å². The first-order valence-electron chi connectivity index (χ1n) is 15.7. The SMILES string of the molecule is CC1O[C@@H](OCC2O[C@@H](OC3=C(C4CCC(O)C(O)C4)OC4CC(OCCO)CC(O)C4C3=O)C(O)[C@H](O)[C@@H]2O)C(O)[C@@H](O)[C@H]1O. The quantitative estimate of drug-likeness (QED) is 0.111. The highest BCUT2D eigenvalue weighted by molar-refractivity contribution is 5.97. The van der Waals surface area contributed by atoms with E-state index in [0.29, 0.717) is 6.42 Å². The molecule has 0 aromatic rings. The molecule has 17 nitrogen and oxygen atoms in total. The predicted octanol–water partition coefficient (Wildman–Crippen LogP) is -4.50. The van der Waals surface area contributed by atoms with Crippen LogP contribution >= 0.6 is 0 Å². The van der Waals surface area contributed by atoms with Crippen LogP contribution in [0.2, 0.25) is 0 Å². The molecule has 5 rings (SSSR count). The van der Waals surface area contributed by atoms with Gasteiger partial charge in [-0.3, -0.25) is 4.79 Å². The monoisotopic (exact) mass is 666 g/mol. The van der Waals surface area contributed by atoms with E-state index in [-0.39, 0.29) is 44.7 Å². The Bertz CT molecular complexity index is 1070. The maximum Gasteiger partial charge on any atom is 0.229 e. The molecule has 2 saturated heterocycles. The predicted molar refractivity (Wildman–Crippen MR) is 148 cm³/mol. The third-order valence-electron chi connectivity index (χ3n) is 9.58. The number of rotatable bonds is 9. The minimum atomic E-state index is -1.88. The van der Waals surface area contributed by atoms with E-state index in [1.54, 1.807) is 0 Å². The number of ether oxygens (including phenoxy) is 6. The van der Waals surface area contributed by atoms with E-state index < -0.39 is 122 Å². The van der Waals surface area contributed by atoms with Crippen molar-refractivity contribution in [1.29, 1.82) is 0 Å². The number of aliphatic hydroxyl groups excluding tert-OH is 10. The molecule has 0 radical (unpaired) electrons. The van der Waals surface area contributed by atoms with Gasteiger partial charge in [0.2, 0.25) is 17.8 Å². The van der Waals surface area contributed by atoms with Gasteiger partial charge in [-0.05, 0) is 26.2 Å². The Morgan fingerprint density at radius 1 is 0.739 bits per heavy atom. The van der Waals surface area contributed by atoms with E-state index in [1.807, 2.05) is 0 Å². The topological polar surface area (TPSA) is 275 Å². The van der Waals surface area contributed by atoms with Crippen molar-refractivity contribution >= 4 is 5.78 Å². The fourth-order valence-corrected chi connectivity index (χ4v) is 6.85. The molecule has 0 amide bonds. The molecule has 264 valence electrons. The number of hydrogen-bond donors (Lipinski definition) is 10. The minimum Gasteiger partial charge on any atom is -0.489 e. The number of ketones is 1. The van der Waals surface area contributed by atoms with Gasteiger partial charge in [0, 0.05) is 18.8 Å². The lowest BCUT2D eigenvalue weighted by Gasteiger charge is -2.46. The van der Waals surface area contributed by atoms with Gasteiger partial charge in [0.25, 0.3) is 0 Å². The van der Waals surface area contributed by atoms with E-state index in [1.165, 1.54) is 6.92 Å². The maximum absolute atomic E-state index is 14.0. The number of carbonyl (C=O) groups excluding carboxylic acids is 1. The Morgan fingerprint density at radius 3 is 2.13 bits per heavy atom. The summed E-state index contributed by atoms with van der Waals surface area (Å²) in [5.74, 6) is -2.79. The first-order valence-corrected chi connectivity index (χ1v) is 15.7. The van der Waals surface area contributed by atoms with Crippen LogP contribution in [0.15, 0.2) is 11.5 Å². The van der Waals surface area contributed by atoms with E-state index >= 15 is 0 Å². The number of carbonyl (C=O) groups is 1. The van der Waals surface area contributed by atoms with Crippen molar-refractivity contribution in [3.8, 4) is 0 Å². The van der Waals surface area contributed by atoms with Gasteiger partial charge in [-0.2, -0.15) is 0 Å². The van der Waals surface area contributed by atoms with Crippen molar-refractivity contribution in [2.24, 2.45) is 11.8 Å². The van der Waals surface area contributed by atoms with Crippen LogP contribution in [0.1, 0.15) is 39.0 Å². The number of Topliss-reactive ketones (excluding diaryl/α,β-unsaturated/α-hetero) is 1. The van der Waals surface area contributed by atoms with Crippen LogP contribution in [0.5, 0.6) is 0 Å². The molecule has 17 heteroatoms. The van der Waals surface area contributed by atoms with Gasteiger partial charge >= 0.3 is 0 Å². The molecule has 3 heterocycles. The average Bonchev–Trinajstić information content (AvgIpc) is 3.02. The number of allylic oxidation sites excluding steroid dienone is 2. The second-order valence-electron chi connectivity index (χ2n) is 12.8. The Labute approximate surface area is 264 Å². The lowest BCUT2D eigenvalue weighted by molar-refractivity contribution is -0.324. The van der Waals surface area contributed by atoms with Crippen molar-refractivity contribution in [3.05, 3.63) is 11.5 Å². The van der Waals surface area contributed by atoms with Crippen molar-refractivity contribution in [3.63, 3.8) is 0 Å². The van der Waals surface area contributed by atoms with Gasteiger partial charge in [-0.1, -0.05) is 0 Å². The van der Waals surface area contributed by atoms with Gasteiger partial charge in [-0.15, -0.1) is 0 Å². The van der Waals surface area contributed by atoms with Crippen LogP contribution in [0, 0.1) is 11.8 Å². The Morgan fingerprint density at radius 2 is 1.43 bits per heavy atom. The zero-order valence-electron chi connectivity index (χ0n) is 25.3. The number of fused-ring (bicyclic) bond motifs is 1. The summed E-state index contributed by atoms with van der Waals surface area (Å²) in [6.45, 7) is 0.684. The fraction of sp³-hybridized carbons (Fsp3) is 0.897. The van der Waals surface area contributed by atoms with Crippen molar-refractivity contribution < 1.29 is 84.3 Å². The molecule has 4 fully saturated rings. The van der Waals surface area contributed by atoms with Gasteiger partial charge < -0.3 is 79.5 Å². The van der Waals surface area contributed by atoms with Crippen LogP contribution in [-0.2, 0) is 33.2 Å². The summed E-state index contributed by atoms with van der Waals surface area (Å²) < 4.78 is 34.4. The molecular formula is C29H46O17. The lowest BCUT2D eigenvalue weighted by atomic mass is 9.75. The molecule has 0 aromatic carbocycles. The van der Waals surface area contributed by atoms with E-state index in [2.05, 4.69) is 0 Å². The second-order valence-corrected chi connectivity index (χ2v) is 12.8. The summed E-state index contributed by atoms with van der Waals surface area (Å²) in [5.41, 5.74) is 0. The zero-order valence-corrected chi connectivity index (χ0v) is 25.3. The van der Waals surface area contributed by atoms with Gasteiger partial charge in [0.05, 0.1) is 56.3 Å². The molecule has 17 atom stereocenters. The van der Waals surface area contributed by atoms with E-state index in [9.17, 15) is 50.8 Å². The molecular weight excluding hydrogens is 620 g/mol. The molecule has 0 aromatic heterocycles.